The lowest BCUT2D eigenvalue weighted by molar-refractivity contribution is -0.138. The van der Waals surface area contributed by atoms with E-state index in [2.05, 4.69) is 0 Å². The highest BCUT2D eigenvalue weighted by atomic mass is 16.5. The van der Waals surface area contributed by atoms with Gasteiger partial charge in [0.25, 0.3) is 0 Å². The first-order chi connectivity index (χ1) is 10.3. The Morgan fingerprint density at radius 3 is 2.10 bits per heavy atom. The molecule has 2 nitrogen and oxygen atoms in total. The van der Waals surface area contributed by atoms with Gasteiger partial charge in [-0.2, -0.15) is 0 Å². The van der Waals surface area contributed by atoms with E-state index in [1.807, 2.05) is 72.8 Å². The minimum absolute atomic E-state index is 0.312. The van der Waals surface area contributed by atoms with Crippen LogP contribution in [0.1, 0.15) is 18.1 Å². The van der Waals surface area contributed by atoms with Crippen molar-refractivity contribution in [3.63, 3.8) is 0 Å². The molecular formula is C19H18O2. The summed E-state index contributed by atoms with van der Waals surface area (Å²) >= 11 is 0. The van der Waals surface area contributed by atoms with E-state index in [0.717, 1.165) is 11.1 Å². The molecule has 21 heavy (non-hydrogen) atoms. The zero-order valence-electron chi connectivity index (χ0n) is 12.0. The molecule has 2 rings (SSSR count). The van der Waals surface area contributed by atoms with Gasteiger partial charge in [-0.15, -0.1) is 0 Å². The molecule has 0 saturated carbocycles. The largest absolute Gasteiger partial charge is 0.462 e. The van der Waals surface area contributed by atoms with Crippen LogP contribution in [0.2, 0.25) is 0 Å². The van der Waals surface area contributed by atoms with E-state index in [4.69, 9.17) is 4.74 Å². The quantitative estimate of drug-likeness (QED) is 0.352. The van der Waals surface area contributed by atoms with Crippen LogP contribution >= 0.6 is 0 Å². The molecule has 0 saturated heterocycles. The summed E-state index contributed by atoms with van der Waals surface area (Å²) in [7, 11) is 0. The Morgan fingerprint density at radius 1 is 0.952 bits per heavy atom. The van der Waals surface area contributed by atoms with Crippen LogP contribution in [-0.4, -0.2) is 12.6 Å². The summed E-state index contributed by atoms with van der Waals surface area (Å²) in [5, 5.41) is 0. The first kappa shape index (κ1) is 14.8. The molecule has 2 heteroatoms. The van der Waals surface area contributed by atoms with Crippen molar-refractivity contribution in [3.8, 4) is 0 Å². The lowest BCUT2D eigenvalue weighted by atomic mass is 10.2. The molecule has 0 aliphatic carbocycles. The topological polar surface area (TPSA) is 26.3 Å². The van der Waals surface area contributed by atoms with Crippen LogP contribution in [0.15, 0.2) is 72.3 Å². The molecular weight excluding hydrogens is 262 g/mol. The smallest absolute Gasteiger partial charge is 0.338 e. The van der Waals surface area contributed by atoms with Gasteiger partial charge in [0.05, 0.1) is 12.2 Å². The van der Waals surface area contributed by atoms with Crippen molar-refractivity contribution >= 4 is 18.1 Å². The van der Waals surface area contributed by atoms with Gasteiger partial charge in [0.1, 0.15) is 0 Å². The summed E-state index contributed by atoms with van der Waals surface area (Å²) in [5.74, 6) is -0.312. The predicted octanol–water partition coefficient (Wildman–Crippen LogP) is 4.35. The third kappa shape index (κ3) is 4.77. The molecule has 0 radical (unpaired) electrons. The fourth-order valence-electron chi connectivity index (χ4n) is 1.87. The molecule has 0 N–H and O–H groups in total. The van der Waals surface area contributed by atoms with Crippen LogP contribution in [0.4, 0.5) is 0 Å². The Bertz CT molecular complexity index is 625. The van der Waals surface area contributed by atoms with Crippen molar-refractivity contribution in [2.24, 2.45) is 0 Å². The van der Waals surface area contributed by atoms with Gasteiger partial charge in [0, 0.05) is 0 Å². The summed E-state index contributed by atoms with van der Waals surface area (Å²) in [6, 6.07) is 19.6. The molecule has 2 aromatic carbocycles. The van der Waals surface area contributed by atoms with Crippen LogP contribution in [0.25, 0.3) is 12.2 Å². The van der Waals surface area contributed by atoms with E-state index in [0.29, 0.717) is 12.2 Å². The fraction of sp³-hybridized carbons (Fsp3) is 0.105. The third-order valence-corrected chi connectivity index (χ3v) is 2.89. The van der Waals surface area contributed by atoms with Crippen molar-refractivity contribution in [1.29, 1.82) is 0 Å². The number of esters is 1. The SMILES string of the molecule is CCOC(=O)C(/C=[13CH]/c1ccccc1)=[13CH]\c1ccccc1. The number of ether oxygens (including phenoxy) is 1. The summed E-state index contributed by atoms with van der Waals surface area (Å²) < 4.78 is 5.11. The normalized spacial score (nSPS) is 11.6. The zero-order valence-corrected chi connectivity index (χ0v) is 12.0. The van der Waals surface area contributed by atoms with Crippen LogP contribution < -0.4 is 0 Å². The molecule has 0 aliphatic heterocycles. The molecule has 0 unspecified atom stereocenters. The molecule has 0 aromatic heterocycles. The number of rotatable bonds is 5. The highest BCUT2D eigenvalue weighted by molar-refractivity contribution is 5.97. The third-order valence-electron chi connectivity index (χ3n) is 2.89. The van der Waals surface area contributed by atoms with Gasteiger partial charge in [0.2, 0.25) is 0 Å². The van der Waals surface area contributed by atoms with Gasteiger partial charge < -0.3 is 4.74 Å². The Balaban J connectivity index is 2.26. The summed E-state index contributed by atoms with van der Waals surface area (Å²) in [6.45, 7) is 2.17. The predicted molar refractivity (Wildman–Crippen MR) is 86.5 cm³/mol. The van der Waals surface area contributed by atoms with Crippen molar-refractivity contribution in [3.05, 3.63) is 83.4 Å². The van der Waals surface area contributed by atoms with E-state index in [1.54, 1.807) is 13.0 Å². The van der Waals surface area contributed by atoms with Crippen molar-refractivity contribution < 1.29 is 9.53 Å². The molecule has 0 bridgehead atoms. The van der Waals surface area contributed by atoms with Gasteiger partial charge in [-0.05, 0) is 30.2 Å². The Kier molecular flexibility index (Phi) is 5.53. The highest BCUT2D eigenvalue weighted by Gasteiger charge is 2.07. The van der Waals surface area contributed by atoms with Crippen LogP contribution in [0.5, 0.6) is 0 Å². The molecule has 106 valence electrons. The van der Waals surface area contributed by atoms with E-state index < -0.39 is 0 Å². The number of hydrogen-bond donors (Lipinski definition) is 0. The minimum atomic E-state index is -0.312. The molecule has 2 aromatic rings. The molecule has 0 heterocycles. The number of benzene rings is 2. The molecule has 0 amide bonds. The van der Waals surface area contributed by atoms with E-state index in [1.165, 1.54) is 0 Å². The average Bonchev–Trinajstić information content (AvgIpc) is 2.53. The summed E-state index contributed by atoms with van der Waals surface area (Å²) in [6.07, 6.45) is 5.53. The number of hydrogen-bond acceptors (Lipinski definition) is 2. The number of carbonyl (C=O) groups excluding carboxylic acids is 1. The average molecular weight is 280 g/mol. The monoisotopic (exact) mass is 280 g/mol. The molecule has 0 fully saturated rings. The standard InChI is InChI=1S/C19H18O2/c1-2-21-19(20)18(15-17-11-7-4-8-12-17)14-13-16-9-5-3-6-10-16/h3-15H,2H2,1H3/b14-13+,18-15-/i13+1,15+1. The highest BCUT2D eigenvalue weighted by Crippen LogP contribution is 2.12. The van der Waals surface area contributed by atoms with Crippen LogP contribution in [-0.2, 0) is 9.53 Å². The van der Waals surface area contributed by atoms with Crippen LogP contribution in [0.3, 0.4) is 0 Å². The van der Waals surface area contributed by atoms with Gasteiger partial charge in [-0.25, -0.2) is 4.79 Å². The Hall–Kier alpha value is -2.61. The zero-order chi connectivity index (χ0) is 14.9. The second-order valence-corrected chi connectivity index (χ2v) is 4.47. The lowest BCUT2D eigenvalue weighted by Gasteiger charge is -2.03. The van der Waals surface area contributed by atoms with Crippen molar-refractivity contribution in [1.82, 2.24) is 0 Å². The van der Waals surface area contributed by atoms with Gasteiger partial charge >= 0.3 is 5.97 Å². The fourth-order valence-corrected chi connectivity index (χ4v) is 1.87. The van der Waals surface area contributed by atoms with Crippen LogP contribution in [0, 0.1) is 0 Å². The second kappa shape index (κ2) is 7.85. The van der Waals surface area contributed by atoms with E-state index in [9.17, 15) is 4.79 Å². The van der Waals surface area contributed by atoms with Gasteiger partial charge in [0.15, 0.2) is 0 Å². The van der Waals surface area contributed by atoms with E-state index >= 15 is 0 Å². The van der Waals surface area contributed by atoms with Gasteiger partial charge in [-0.3, -0.25) is 0 Å². The lowest BCUT2D eigenvalue weighted by Crippen LogP contribution is -2.05. The first-order valence-corrected chi connectivity index (χ1v) is 6.96. The van der Waals surface area contributed by atoms with Crippen molar-refractivity contribution in [2.45, 2.75) is 6.92 Å². The van der Waals surface area contributed by atoms with E-state index in [-0.39, 0.29) is 5.97 Å². The van der Waals surface area contributed by atoms with Crippen molar-refractivity contribution in [2.75, 3.05) is 6.61 Å². The maximum atomic E-state index is 12.0. The maximum Gasteiger partial charge on any atom is 0.338 e. The summed E-state index contributed by atoms with van der Waals surface area (Å²) in [5.41, 5.74) is 2.55. The van der Waals surface area contributed by atoms with Gasteiger partial charge in [-0.1, -0.05) is 66.7 Å². The second-order valence-electron chi connectivity index (χ2n) is 4.47. The minimum Gasteiger partial charge on any atom is -0.462 e. The number of carbonyl (C=O) groups is 1. The maximum absolute atomic E-state index is 12.0. The Labute approximate surface area is 125 Å². The molecule has 0 aliphatic rings. The Morgan fingerprint density at radius 2 is 1.52 bits per heavy atom. The molecule has 0 atom stereocenters. The summed E-state index contributed by atoms with van der Waals surface area (Å²) in [4.78, 5) is 12.0. The first-order valence-electron chi connectivity index (χ1n) is 6.96. The molecule has 0 spiro atoms.